The molecule has 2 aromatic carbocycles. The van der Waals surface area contributed by atoms with Crippen LogP contribution >= 0.6 is 11.6 Å². The minimum absolute atomic E-state index is 0.159. The molecule has 1 fully saturated rings. The molecule has 0 spiro atoms. The van der Waals surface area contributed by atoms with E-state index in [1.54, 1.807) is 6.07 Å². The van der Waals surface area contributed by atoms with Gasteiger partial charge in [0, 0.05) is 30.4 Å². The molecule has 0 atom stereocenters. The molecule has 0 aliphatic carbocycles. The third-order valence-corrected chi connectivity index (χ3v) is 4.78. The Labute approximate surface area is 156 Å². The fourth-order valence-corrected chi connectivity index (χ4v) is 3.17. The summed E-state index contributed by atoms with van der Waals surface area (Å²) in [7, 11) is 0. The number of rotatable bonds is 5. The molecule has 2 aromatic rings. The lowest BCUT2D eigenvalue weighted by atomic mass is 10.0. The van der Waals surface area contributed by atoms with E-state index in [9.17, 15) is 13.6 Å². The van der Waals surface area contributed by atoms with Crippen LogP contribution < -0.4 is 10.6 Å². The number of hydrogen-bond donors (Lipinski definition) is 2. The number of benzene rings is 2. The van der Waals surface area contributed by atoms with Crippen molar-refractivity contribution in [2.75, 3.05) is 29.7 Å². The van der Waals surface area contributed by atoms with Crippen molar-refractivity contribution in [2.24, 2.45) is 0 Å². The van der Waals surface area contributed by atoms with Gasteiger partial charge < -0.3 is 10.6 Å². The number of anilines is 2. The van der Waals surface area contributed by atoms with Crippen LogP contribution in [0, 0.1) is 11.6 Å². The van der Waals surface area contributed by atoms with E-state index in [1.807, 2.05) is 0 Å². The summed E-state index contributed by atoms with van der Waals surface area (Å²) in [6, 6.07) is 10.3. The predicted molar refractivity (Wildman–Crippen MR) is 99.7 cm³/mol. The van der Waals surface area contributed by atoms with Crippen LogP contribution in [0.15, 0.2) is 42.5 Å². The Bertz CT molecular complexity index is 762. The fraction of sp³-hybridized carbons (Fsp3) is 0.316. The summed E-state index contributed by atoms with van der Waals surface area (Å²) in [5, 5.41) is 5.91. The first-order valence-corrected chi connectivity index (χ1v) is 9.00. The third-order valence-electron chi connectivity index (χ3n) is 4.45. The van der Waals surface area contributed by atoms with Gasteiger partial charge in [-0.3, -0.25) is 9.69 Å². The quantitative estimate of drug-likeness (QED) is 0.601. The molecule has 7 heteroatoms. The van der Waals surface area contributed by atoms with Crippen molar-refractivity contribution in [3.05, 3.63) is 59.7 Å². The number of halogens is 3. The maximum absolute atomic E-state index is 14.1. The van der Waals surface area contributed by atoms with E-state index in [4.69, 9.17) is 11.6 Å². The number of nitrogens with one attached hydrogen (secondary N) is 2. The number of amides is 1. The average Bonchev–Trinajstić information content (AvgIpc) is 2.65. The van der Waals surface area contributed by atoms with Crippen LogP contribution in [0.1, 0.15) is 23.2 Å². The van der Waals surface area contributed by atoms with Crippen LogP contribution in [0.4, 0.5) is 20.2 Å². The molecule has 4 nitrogen and oxygen atoms in total. The van der Waals surface area contributed by atoms with Gasteiger partial charge in [0.15, 0.2) is 0 Å². The second-order valence-corrected chi connectivity index (χ2v) is 6.55. The van der Waals surface area contributed by atoms with Gasteiger partial charge in [0.1, 0.15) is 11.6 Å². The van der Waals surface area contributed by atoms with Gasteiger partial charge in [0.25, 0.3) is 5.91 Å². The van der Waals surface area contributed by atoms with Gasteiger partial charge in [0.05, 0.1) is 11.7 Å². The van der Waals surface area contributed by atoms with Crippen LogP contribution in [0.5, 0.6) is 0 Å². The number of carbonyl (C=O) groups is 1. The van der Waals surface area contributed by atoms with E-state index in [1.165, 1.54) is 36.4 Å². The first kappa shape index (κ1) is 18.6. The van der Waals surface area contributed by atoms with E-state index >= 15 is 0 Å². The Morgan fingerprint density at radius 1 is 1.12 bits per heavy atom. The molecule has 138 valence electrons. The Hall–Kier alpha value is -2.18. The number of piperidine rings is 1. The summed E-state index contributed by atoms with van der Waals surface area (Å²) in [4.78, 5) is 14.3. The fourth-order valence-electron chi connectivity index (χ4n) is 2.93. The van der Waals surface area contributed by atoms with E-state index in [2.05, 4.69) is 15.5 Å². The topological polar surface area (TPSA) is 44.4 Å². The second kappa shape index (κ2) is 8.47. The van der Waals surface area contributed by atoms with Crippen molar-refractivity contribution in [2.45, 2.75) is 18.9 Å². The van der Waals surface area contributed by atoms with Crippen LogP contribution in [-0.2, 0) is 0 Å². The number of carbonyl (C=O) groups excluding carboxylic acids is 1. The van der Waals surface area contributed by atoms with Crippen molar-refractivity contribution in [3.63, 3.8) is 0 Å². The lowest BCUT2D eigenvalue weighted by molar-refractivity contribution is 0.102. The molecule has 2 N–H and O–H groups in total. The molecule has 1 saturated heterocycles. The largest absolute Gasteiger partial charge is 0.380 e. The minimum atomic E-state index is -0.407. The highest BCUT2D eigenvalue weighted by Gasteiger charge is 2.19. The van der Waals surface area contributed by atoms with Gasteiger partial charge >= 0.3 is 0 Å². The Morgan fingerprint density at radius 2 is 1.81 bits per heavy atom. The zero-order valence-electron chi connectivity index (χ0n) is 14.1. The summed E-state index contributed by atoms with van der Waals surface area (Å²) in [6.07, 6.45) is 1.75. The van der Waals surface area contributed by atoms with Crippen molar-refractivity contribution >= 4 is 28.9 Å². The maximum Gasteiger partial charge on any atom is 0.255 e. The molecule has 0 bridgehead atoms. The van der Waals surface area contributed by atoms with Gasteiger partial charge in [-0.25, -0.2) is 8.78 Å². The number of alkyl halides is 1. The van der Waals surface area contributed by atoms with Crippen LogP contribution in [0.2, 0.25) is 0 Å². The van der Waals surface area contributed by atoms with Crippen molar-refractivity contribution < 1.29 is 13.6 Å². The van der Waals surface area contributed by atoms with Gasteiger partial charge in [-0.2, -0.15) is 0 Å². The van der Waals surface area contributed by atoms with Gasteiger partial charge in [-0.05, 0) is 55.3 Å². The van der Waals surface area contributed by atoms with Gasteiger partial charge in [-0.15, -0.1) is 11.6 Å². The van der Waals surface area contributed by atoms with Crippen molar-refractivity contribution in [1.29, 1.82) is 0 Å². The Balaban J connectivity index is 1.65. The highest BCUT2D eigenvalue weighted by molar-refractivity contribution is 6.17. The van der Waals surface area contributed by atoms with E-state index in [0.717, 1.165) is 25.9 Å². The summed E-state index contributed by atoms with van der Waals surface area (Å²) in [5.74, 6) is -1.16. The zero-order chi connectivity index (χ0) is 18.5. The smallest absolute Gasteiger partial charge is 0.255 e. The van der Waals surface area contributed by atoms with Crippen molar-refractivity contribution in [3.8, 4) is 0 Å². The van der Waals surface area contributed by atoms with Crippen LogP contribution in [-0.4, -0.2) is 35.9 Å². The normalized spacial score (nSPS) is 15.7. The molecule has 0 radical (unpaired) electrons. The lowest BCUT2D eigenvalue weighted by Gasteiger charge is -2.31. The zero-order valence-corrected chi connectivity index (χ0v) is 14.9. The minimum Gasteiger partial charge on any atom is -0.380 e. The van der Waals surface area contributed by atoms with Gasteiger partial charge in [0.2, 0.25) is 0 Å². The SMILES string of the molecule is O=C(Nc1ccc(F)c(NC2CCN(CCl)CC2)c1)c1ccc(F)cc1. The van der Waals surface area contributed by atoms with E-state index < -0.39 is 5.82 Å². The molecule has 0 aromatic heterocycles. The van der Waals surface area contributed by atoms with Gasteiger partial charge in [-0.1, -0.05) is 0 Å². The number of likely N-dealkylation sites (tertiary alicyclic amines) is 1. The first-order valence-electron chi connectivity index (χ1n) is 8.46. The summed E-state index contributed by atoms with van der Waals surface area (Å²) in [5.41, 5.74) is 1.16. The molecule has 0 unspecified atom stereocenters. The number of hydrogen-bond acceptors (Lipinski definition) is 3. The highest BCUT2D eigenvalue weighted by atomic mass is 35.5. The molecule has 1 heterocycles. The van der Waals surface area contributed by atoms with E-state index in [0.29, 0.717) is 22.9 Å². The molecular weight excluding hydrogens is 360 g/mol. The summed E-state index contributed by atoms with van der Waals surface area (Å²) >= 11 is 5.83. The average molecular weight is 380 g/mol. The van der Waals surface area contributed by atoms with Crippen LogP contribution in [0.25, 0.3) is 0 Å². The monoisotopic (exact) mass is 379 g/mol. The second-order valence-electron chi connectivity index (χ2n) is 6.31. The van der Waals surface area contributed by atoms with Crippen molar-refractivity contribution in [1.82, 2.24) is 4.90 Å². The molecule has 0 saturated carbocycles. The highest BCUT2D eigenvalue weighted by Crippen LogP contribution is 2.23. The Morgan fingerprint density at radius 3 is 2.46 bits per heavy atom. The maximum atomic E-state index is 14.1. The lowest BCUT2D eigenvalue weighted by Crippen LogP contribution is -2.38. The molecule has 1 aliphatic heterocycles. The molecule has 26 heavy (non-hydrogen) atoms. The number of nitrogens with zero attached hydrogens (tertiary/aromatic N) is 1. The Kier molecular flexibility index (Phi) is 6.06. The molecular formula is C19H20ClF2N3O. The molecule has 3 rings (SSSR count). The molecule has 1 amide bonds. The first-order chi connectivity index (χ1) is 12.5. The summed E-state index contributed by atoms with van der Waals surface area (Å²) < 4.78 is 27.1. The standard InChI is InChI=1S/C19H20ClF2N3O/c20-12-25-9-7-15(8-10-25)23-18-11-16(5-6-17(18)22)24-19(26)13-1-3-14(21)4-2-13/h1-6,11,15,23H,7-10,12H2,(H,24,26). The third kappa shape index (κ3) is 4.71. The van der Waals surface area contributed by atoms with E-state index in [-0.39, 0.29) is 17.8 Å². The summed E-state index contributed by atoms with van der Waals surface area (Å²) in [6.45, 7) is 1.73. The van der Waals surface area contributed by atoms with Crippen LogP contribution in [0.3, 0.4) is 0 Å². The predicted octanol–water partition coefficient (Wildman–Crippen LogP) is 4.29. The molecule has 1 aliphatic rings.